The summed E-state index contributed by atoms with van der Waals surface area (Å²) < 4.78 is 25.8. The predicted octanol–water partition coefficient (Wildman–Crippen LogP) is 4.94. The van der Waals surface area contributed by atoms with E-state index in [1.54, 1.807) is 0 Å². The van der Waals surface area contributed by atoms with Crippen LogP contribution in [0.5, 0.6) is 23.0 Å². The van der Waals surface area contributed by atoms with Gasteiger partial charge >= 0.3 is 0 Å². The molecular formula is C34H34O4Si2. The second-order valence-electron chi connectivity index (χ2n) is 10.1. The van der Waals surface area contributed by atoms with Gasteiger partial charge in [-0.2, -0.15) is 0 Å². The molecule has 0 radical (unpaired) electrons. The van der Waals surface area contributed by atoms with E-state index >= 15 is 0 Å². The molecule has 0 aromatic heterocycles. The van der Waals surface area contributed by atoms with Crippen molar-refractivity contribution in [2.75, 3.05) is 0 Å². The van der Waals surface area contributed by atoms with Crippen LogP contribution in [-0.2, 0) is 0 Å². The Labute approximate surface area is 241 Å². The Morgan fingerprint density at radius 3 is 0.800 bits per heavy atom. The van der Waals surface area contributed by atoms with Crippen molar-refractivity contribution in [3.63, 3.8) is 0 Å². The maximum absolute atomic E-state index is 6.46. The zero-order valence-corrected chi connectivity index (χ0v) is 25.7. The van der Waals surface area contributed by atoms with E-state index in [1.165, 1.54) is 10.4 Å². The highest BCUT2D eigenvalue weighted by Crippen LogP contribution is 2.24. The van der Waals surface area contributed by atoms with Gasteiger partial charge in [0.1, 0.15) is 23.0 Å². The van der Waals surface area contributed by atoms with Crippen molar-refractivity contribution in [1.29, 1.82) is 0 Å². The average molecular weight is 563 g/mol. The highest BCUT2D eigenvalue weighted by molar-refractivity contribution is 6.58. The van der Waals surface area contributed by atoms with Crippen molar-refractivity contribution in [3.8, 4) is 23.0 Å². The molecule has 0 heterocycles. The number of hydrogen-bond acceptors (Lipinski definition) is 4. The van der Waals surface area contributed by atoms with Crippen LogP contribution >= 0.6 is 0 Å². The standard InChI is InChI=1S/C34H34O4Si2/c1-33(35-27-15-7-3-8-16-27,36-28-17-9-4-10-18-28)39-31-23-25-32(26-24-31)40-34(2,37-29-19-11-5-12-20-29)38-30-21-13-6-14-22-30/h3-26H,39-40H2,1-2H3. The van der Waals surface area contributed by atoms with Gasteiger partial charge in [-0.15, -0.1) is 0 Å². The Morgan fingerprint density at radius 1 is 0.350 bits per heavy atom. The molecule has 5 rings (SSSR count). The minimum atomic E-state index is -1.02. The third kappa shape index (κ3) is 7.88. The van der Waals surface area contributed by atoms with Gasteiger partial charge in [-0.25, -0.2) is 0 Å². The molecule has 0 aliphatic heterocycles. The summed E-state index contributed by atoms with van der Waals surface area (Å²) in [4.78, 5) is 0. The normalized spacial score (nSPS) is 12.1. The molecule has 0 bridgehead atoms. The van der Waals surface area contributed by atoms with Crippen LogP contribution in [-0.4, -0.2) is 29.9 Å². The lowest BCUT2D eigenvalue weighted by molar-refractivity contribution is -0.0244. The molecule has 0 N–H and O–H groups in total. The van der Waals surface area contributed by atoms with Gasteiger partial charge in [-0.1, -0.05) is 107 Å². The summed E-state index contributed by atoms with van der Waals surface area (Å²) in [7, 11) is -2.05. The van der Waals surface area contributed by atoms with Gasteiger partial charge < -0.3 is 18.9 Å². The molecule has 0 unspecified atom stereocenters. The Balaban J connectivity index is 1.34. The van der Waals surface area contributed by atoms with E-state index in [0.29, 0.717) is 0 Å². The van der Waals surface area contributed by atoms with Crippen molar-refractivity contribution >= 4 is 29.4 Å². The summed E-state index contributed by atoms with van der Waals surface area (Å²) in [5.74, 6) is 3.18. The Hall–Kier alpha value is -4.27. The van der Waals surface area contributed by atoms with Crippen molar-refractivity contribution in [2.45, 2.75) is 24.7 Å². The highest BCUT2D eigenvalue weighted by Gasteiger charge is 2.32. The van der Waals surface area contributed by atoms with Gasteiger partial charge in [0.2, 0.25) is 10.8 Å². The summed E-state index contributed by atoms with van der Waals surface area (Å²) >= 11 is 0. The van der Waals surface area contributed by atoms with E-state index in [1.807, 2.05) is 135 Å². The molecule has 40 heavy (non-hydrogen) atoms. The van der Waals surface area contributed by atoms with Crippen LogP contribution in [0, 0.1) is 0 Å². The van der Waals surface area contributed by atoms with Crippen molar-refractivity contribution < 1.29 is 18.9 Å². The van der Waals surface area contributed by atoms with Crippen LogP contribution < -0.4 is 29.3 Å². The summed E-state index contributed by atoms with van der Waals surface area (Å²) in [5.41, 5.74) is -1.52. The first kappa shape index (κ1) is 27.3. The second kappa shape index (κ2) is 12.7. The van der Waals surface area contributed by atoms with Crippen molar-refractivity contribution in [1.82, 2.24) is 0 Å². The molecule has 6 heteroatoms. The lowest BCUT2D eigenvalue weighted by Gasteiger charge is -2.32. The SMILES string of the molecule is CC(Oc1ccccc1)(Oc1ccccc1)[SiH2]c1ccc([SiH2]C(C)(Oc2ccccc2)Oc2ccccc2)cc1. The van der Waals surface area contributed by atoms with Gasteiger partial charge in [0, 0.05) is 13.8 Å². The van der Waals surface area contributed by atoms with E-state index in [9.17, 15) is 0 Å². The Morgan fingerprint density at radius 2 is 0.575 bits per heavy atom. The first-order chi connectivity index (χ1) is 19.5. The molecule has 0 atom stereocenters. The smallest absolute Gasteiger partial charge is 0.224 e. The van der Waals surface area contributed by atoms with E-state index in [0.717, 1.165) is 23.0 Å². The Kier molecular flexibility index (Phi) is 8.69. The predicted molar refractivity (Wildman–Crippen MR) is 168 cm³/mol. The second-order valence-corrected chi connectivity index (χ2v) is 15.0. The molecular weight excluding hydrogens is 529 g/mol. The van der Waals surface area contributed by atoms with Gasteiger partial charge in [0.15, 0.2) is 19.0 Å². The van der Waals surface area contributed by atoms with Crippen molar-refractivity contribution in [3.05, 3.63) is 146 Å². The summed E-state index contributed by atoms with van der Waals surface area (Å²) in [5, 5.41) is 2.50. The maximum atomic E-state index is 6.46. The van der Waals surface area contributed by atoms with Crippen LogP contribution in [0.1, 0.15) is 13.8 Å². The third-order valence-electron chi connectivity index (χ3n) is 6.38. The maximum Gasteiger partial charge on any atom is 0.224 e. The van der Waals surface area contributed by atoms with E-state index in [4.69, 9.17) is 18.9 Å². The zero-order chi connectivity index (χ0) is 27.7. The molecule has 202 valence electrons. The van der Waals surface area contributed by atoms with Crippen LogP contribution in [0.3, 0.4) is 0 Å². The third-order valence-corrected chi connectivity index (χ3v) is 10.0. The fraction of sp³-hybridized carbons (Fsp3) is 0.118. The number of ether oxygens (including phenoxy) is 4. The van der Waals surface area contributed by atoms with Gasteiger partial charge in [0.25, 0.3) is 0 Å². The minimum Gasteiger partial charge on any atom is -0.457 e. The topological polar surface area (TPSA) is 36.9 Å². The summed E-state index contributed by atoms with van der Waals surface area (Å²) in [6.07, 6.45) is 0. The van der Waals surface area contributed by atoms with Crippen LogP contribution in [0.25, 0.3) is 0 Å². The first-order valence-electron chi connectivity index (χ1n) is 13.5. The molecule has 0 saturated heterocycles. The summed E-state index contributed by atoms with van der Waals surface area (Å²) in [6.45, 7) is 4.08. The van der Waals surface area contributed by atoms with Gasteiger partial charge in [-0.05, 0) is 48.5 Å². The molecule has 5 aromatic rings. The number of para-hydroxylation sites is 4. The van der Waals surface area contributed by atoms with Gasteiger partial charge in [0.05, 0.1) is 0 Å². The molecule has 4 nitrogen and oxygen atoms in total. The van der Waals surface area contributed by atoms with Crippen molar-refractivity contribution in [2.24, 2.45) is 0 Å². The number of rotatable bonds is 12. The largest absolute Gasteiger partial charge is 0.457 e. The zero-order valence-electron chi connectivity index (χ0n) is 22.9. The lowest BCUT2D eigenvalue weighted by atomic mass is 10.3. The van der Waals surface area contributed by atoms with E-state index in [2.05, 4.69) is 24.3 Å². The highest BCUT2D eigenvalue weighted by atomic mass is 28.2. The fourth-order valence-corrected chi connectivity index (χ4v) is 8.04. The molecule has 0 saturated carbocycles. The molecule has 0 aliphatic carbocycles. The number of benzene rings is 5. The quantitative estimate of drug-likeness (QED) is 0.160. The van der Waals surface area contributed by atoms with E-state index < -0.39 is 29.9 Å². The van der Waals surface area contributed by atoms with E-state index in [-0.39, 0.29) is 0 Å². The lowest BCUT2D eigenvalue weighted by Crippen LogP contribution is -2.51. The first-order valence-corrected chi connectivity index (χ1v) is 16.3. The molecule has 0 amide bonds. The molecule has 5 aromatic carbocycles. The van der Waals surface area contributed by atoms with Crippen LogP contribution in [0.2, 0.25) is 0 Å². The van der Waals surface area contributed by atoms with Crippen LogP contribution in [0.15, 0.2) is 146 Å². The fourth-order valence-electron chi connectivity index (χ4n) is 4.65. The molecule has 0 aliphatic rings. The molecule has 0 fully saturated rings. The molecule has 0 spiro atoms. The minimum absolute atomic E-state index is 0.761. The average Bonchev–Trinajstić information content (AvgIpc) is 2.96. The summed E-state index contributed by atoms with van der Waals surface area (Å²) in [6, 6.07) is 48.3. The Bertz CT molecular complexity index is 1250. The number of hydrogen-bond donors (Lipinski definition) is 0. The van der Waals surface area contributed by atoms with Gasteiger partial charge in [-0.3, -0.25) is 0 Å². The monoisotopic (exact) mass is 562 g/mol. The van der Waals surface area contributed by atoms with Crippen LogP contribution in [0.4, 0.5) is 0 Å².